The maximum Gasteiger partial charge on any atom is 0.251 e. The number of carbonyl (C=O) groups excluding carboxylic acids is 3. The number of nitrogens with zero attached hydrogens (tertiary/aromatic N) is 1. The Bertz CT molecular complexity index is 940. The van der Waals surface area contributed by atoms with E-state index in [1.54, 1.807) is 30.5 Å². The second kappa shape index (κ2) is 10.7. The quantitative estimate of drug-likeness (QED) is 0.675. The number of aryl methyl sites for hydroxylation is 1. The highest BCUT2D eigenvalue weighted by Crippen LogP contribution is 2.29. The lowest BCUT2D eigenvalue weighted by Crippen LogP contribution is -2.54. The van der Waals surface area contributed by atoms with Gasteiger partial charge < -0.3 is 20.0 Å². The first-order valence-corrected chi connectivity index (χ1v) is 12.0. The summed E-state index contributed by atoms with van der Waals surface area (Å²) in [6, 6.07) is 10.2. The van der Waals surface area contributed by atoms with Crippen molar-refractivity contribution in [2.75, 3.05) is 13.1 Å². The normalized spacial score (nSPS) is 18.2. The molecule has 2 aromatic rings. The second-order valence-corrected chi connectivity index (χ2v) is 9.26. The number of furan rings is 1. The molecule has 2 N–H and O–H groups in total. The van der Waals surface area contributed by atoms with Gasteiger partial charge in [-0.1, -0.05) is 30.5 Å². The molecule has 2 fully saturated rings. The molecule has 3 amide bonds. The van der Waals surface area contributed by atoms with Crippen molar-refractivity contribution in [1.82, 2.24) is 15.5 Å². The highest BCUT2D eigenvalue weighted by Gasteiger charge is 2.36. The molecule has 1 aliphatic heterocycles. The van der Waals surface area contributed by atoms with Gasteiger partial charge in [0, 0.05) is 24.6 Å². The summed E-state index contributed by atoms with van der Waals surface area (Å²) in [6.07, 6.45) is 7.18. The molecule has 0 spiro atoms. The van der Waals surface area contributed by atoms with Crippen LogP contribution in [0.5, 0.6) is 0 Å². The van der Waals surface area contributed by atoms with Crippen molar-refractivity contribution < 1.29 is 18.8 Å². The van der Waals surface area contributed by atoms with Gasteiger partial charge in [-0.05, 0) is 62.8 Å². The van der Waals surface area contributed by atoms with Crippen LogP contribution in [0.25, 0.3) is 0 Å². The molecule has 4 rings (SSSR count). The molecule has 1 saturated carbocycles. The third kappa shape index (κ3) is 5.83. The molecule has 2 aliphatic rings. The first kappa shape index (κ1) is 23.1. The summed E-state index contributed by atoms with van der Waals surface area (Å²) < 4.78 is 5.31. The molecule has 1 aromatic heterocycles. The number of hydrogen-bond donors (Lipinski definition) is 2. The highest BCUT2D eigenvalue weighted by atomic mass is 16.3. The van der Waals surface area contributed by atoms with E-state index in [9.17, 15) is 14.4 Å². The minimum absolute atomic E-state index is 0.0383. The number of piperidine rings is 1. The summed E-state index contributed by atoms with van der Waals surface area (Å²) in [5.74, 6) is 0.543. The summed E-state index contributed by atoms with van der Waals surface area (Å²) in [5, 5.41) is 5.87. The van der Waals surface area contributed by atoms with Crippen molar-refractivity contribution in [2.45, 2.75) is 58.0 Å². The van der Waals surface area contributed by atoms with Crippen LogP contribution in [0.1, 0.15) is 60.2 Å². The number of benzene rings is 1. The zero-order valence-corrected chi connectivity index (χ0v) is 19.2. The van der Waals surface area contributed by atoms with Crippen LogP contribution in [0.4, 0.5) is 0 Å². The van der Waals surface area contributed by atoms with E-state index in [1.165, 1.54) is 0 Å². The van der Waals surface area contributed by atoms with Crippen molar-refractivity contribution in [3.8, 4) is 0 Å². The highest BCUT2D eigenvalue weighted by molar-refractivity contribution is 5.97. The van der Waals surface area contributed by atoms with Gasteiger partial charge in [-0.25, -0.2) is 0 Å². The third-order valence-corrected chi connectivity index (χ3v) is 6.93. The molecule has 0 bridgehead atoms. The number of rotatable bonds is 7. The molecule has 2 heterocycles. The number of nitrogens with one attached hydrogen (secondary N) is 2. The van der Waals surface area contributed by atoms with Crippen LogP contribution in [0.15, 0.2) is 47.1 Å². The first-order chi connectivity index (χ1) is 16.0. The van der Waals surface area contributed by atoms with Crippen LogP contribution in [-0.4, -0.2) is 41.8 Å². The predicted molar refractivity (Wildman–Crippen MR) is 124 cm³/mol. The molecule has 1 unspecified atom stereocenters. The first-order valence-electron chi connectivity index (χ1n) is 12.0. The molecule has 176 valence electrons. The van der Waals surface area contributed by atoms with Gasteiger partial charge in [-0.15, -0.1) is 0 Å². The zero-order chi connectivity index (χ0) is 23.2. The number of likely N-dealkylation sites (tertiary alicyclic amines) is 1. The molecule has 1 aromatic carbocycles. The molecule has 7 heteroatoms. The Morgan fingerprint density at radius 2 is 1.73 bits per heavy atom. The van der Waals surface area contributed by atoms with Crippen molar-refractivity contribution in [2.24, 2.45) is 11.8 Å². The van der Waals surface area contributed by atoms with E-state index in [-0.39, 0.29) is 36.1 Å². The van der Waals surface area contributed by atoms with Gasteiger partial charge in [0.1, 0.15) is 11.8 Å². The van der Waals surface area contributed by atoms with Crippen LogP contribution in [-0.2, 0) is 16.1 Å². The van der Waals surface area contributed by atoms with Crippen LogP contribution < -0.4 is 10.6 Å². The van der Waals surface area contributed by atoms with Gasteiger partial charge >= 0.3 is 0 Å². The van der Waals surface area contributed by atoms with Crippen molar-refractivity contribution in [3.63, 3.8) is 0 Å². The van der Waals surface area contributed by atoms with E-state index < -0.39 is 6.04 Å². The van der Waals surface area contributed by atoms with Crippen LogP contribution in [0, 0.1) is 18.8 Å². The average Bonchev–Trinajstić information content (AvgIpc) is 3.56. The van der Waals surface area contributed by atoms with Gasteiger partial charge in [-0.2, -0.15) is 0 Å². The lowest BCUT2D eigenvalue weighted by atomic mass is 9.87. The van der Waals surface area contributed by atoms with Crippen LogP contribution in [0.2, 0.25) is 0 Å². The maximum atomic E-state index is 13.1. The van der Waals surface area contributed by atoms with Crippen LogP contribution >= 0.6 is 0 Å². The minimum Gasteiger partial charge on any atom is -0.467 e. The van der Waals surface area contributed by atoms with Gasteiger partial charge in [-0.3, -0.25) is 14.4 Å². The molecule has 1 aliphatic carbocycles. The second-order valence-electron chi connectivity index (χ2n) is 9.26. The Morgan fingerprint density at radius 1 is 1.03 bits per heavy atom. The van der Waals surface area contributed by atoms with Gasteiger partial charge in [0.15, 0.2) is 0 Å². The van der Waals surface area contributed by atoms with Gasteiger partial charge in [0.2, 0.25) is 11.8 Å². The minimum atomic E-state index is -0.669. The third-order valence-electron chi connectivity index (χ3n) is 6.93. The van der Waals surface area contributed by atoms with Crippen molar-refractivity contribution in [1.29, 1.82) is 0 Å². The monoisotopic (exact) mass is 451 g/mol. The summed E-state index contributed by atoms with van der Waals surface area (Å²) in [6.45, 7) is 3.49. The Kier molecular flexibility index (Phi) is 7.47. The SMILES string of the molecule is Cc1ccc(C(=O)NC(C(=O)NCc2ccco2)C2CCN(C(=O)C3CCCC3)CC2)cc1. The number of hydrogen-bond acceptors (Lipinski definition) is 4. The van der Waals surface area contributed by atoms with Crippen LogP contribution in [0.3, 0.4) is 0 Å². The van der Waals surface area contributed by atoms with E-state index >= 15 is 0 Å². The topological polar surface area (TPSA) is 91.7 Å². The maximum absolute atomic E-state index is 13.1. The van der Waals surface area contributed by atoms with E-state index in [1.807, 2.05) is 24.0 Å². The molecule has 1 atom stereocenters. The largest absolute Gasteiger partial charge is 0.467 e. The molecule has 0 radical (unpaired) electrons. The Hall–Kier alpha value is -3.09. The molecular formula is C26H33N3O4. The summed E-state index contributed by atoms with van der Waals surface area (Å²) in [5.41, 5.74) is 1.59. The van der Waals surface area contributed by atoms with Gasteiger partial charge in [0.05, 0.1) is 12.8 Å². The van der Waals surface area contributed by atoms with E-state index in [0.29, 0.717) is 37.3 Å². The molecule has 7 nitrogen and oxygen atoms in total. The average molecular weight is 452 g/mol. The van der Waals surface area contributed by atoms with Gasteiger partial charge in [0.25, 0.3) is 5.91 Å². The van der Waals surface area contributed by atoms with Crippen molar-refractivity contribution >= 4 is 17.7 Å². The summed E-state index contributed by atoms with van der Waals surface area (Å²) in [7, 11) is 0. The van der Waals surface area contributed by atoms with E-state index in [0.717, 1.165) is 31.2 Å². The lowest BCUT2D eigenvalue weighted by Gasteiger charge is -2.36. The Balaban J connectivity index is 1.41. The molecular weight excluding hydrogens is 418 g/mol. The van der Waals surface area contributed by atoms with E-state index in [4.69, 9.17) is 4.42 Å². The fourth-order valence-corrected chi connectivity index (χ4v) is 4.91. The molecule has 33 heavy (non-hydrogen) atoms. The Labute approximate surface area is 194 Å². The fraction of sp³-hybridized carbons (Fsp3) is 0.500. The number of amides is 3. The molecule has 1 saturated heterocycles. The smallest absolute Gasteiger partial charge is 0.251 e. The predicted octanol–water partition coefficient (Wildman–Crippen LogP) is 3.43. The standard InChI is InChI=1S/C26H33N3O4/c1-18-8-10-20(11-9-18)24(30)28-23(25(31)27-17-22-7-4-16-33-22)19-12-14-29(15-13-19)26(32)21-5-2-3-6-21/h4,7-11,16,19,21,23H,2-3,5-6,12-15,17H2,1H3,(H,27,31)(H,28,30). The number of carbonyl (C=O) groups is 3. The van der Waals surface area contributed by atoms with E-state index in [2.05, 4.69) is 10.6 Å². The Morgan fingerprint density at radius 3 is 2.36 bits per heavy atom. The lowest BCUT2D eigenvalue weighted by molar-refractivity contribution is -0.137. The van der Waals surface area contributed by atoms with Crippen molar-refractivity contribution in [3.05, 3.63) is 59.5 Å². The fourth-order valence-electron chi connectivity index (χ4n) is 4.91. The summed E-state index contributed by atoms with van der Waals surface area (Å²) in [4.78, 5) is 40.8. The summed E-state index contributed by atoms with van der Waals surface area (Å²) >= 11 is 0. The zero-order valence-electron chi connectivity index (χ0n) is 19.2.